The fourth-order valence-corrected chi connectivity index (χ4v) is 4.82. The van der Waals surface area contributed by atoms with Crippen LogP contribution in [-0.2, 0) is 5.72 Å². The Morgan fingerprint density at radius 3 is 2.71 bits per heavy atom. The molecule has 2 aliphatic heterocycles. The van der Waals surface area contributed by atoms with Crippen molar-refractivity contribution < 1.29 is 9.68 Å². The lowest BCUT2D eigenvalue weighted by atomic mass is 10.0. The number of nitrogens with zero attached hydrogens (tertiary/aromatic N) is 2. The van der Waals surface area contributed by atoms with Gasteiger partial charge in [-0.3, -0.25) is 0 Å². The normalized spacial score (nSPS) is 23.5. The number of anilines is 1. The number of aliphatic hydroxyl groups is 1. The van der Waals surface area contributed by atoms with E-state index in [1.165, 1.54) is 22.0 Å². The lowest BCUT2D eigenvalue weighted by Gasteiger charge is -2.24. The standard InChI is InChI=1S/C20H23N2OS/c1-15-9-10-16(2)18(13-15)21-14-20(23,17-7-4-3-5-8-17)22-11-6-12-24-19(21)22/h3-5,7-10,13,23H,6,11-12,14H2,1-2H3/q+1/t20-/m1/s1. The summed E-state index contributed by atoms with van der Waals surface area (Å²) in [5, 5.41) is 12.8. The molecule has 0 saturated carbocycles. The van der Waals surface area contributed by atoms with Gasteiger partial charge in [0.1, 0.15) is 5.69 Å². The van der Waals surface area contributed by atoms with Gasteiger partial charge in [-0.1, -0.05) is 42.5 Å². The molecule has 4 rings (SSSR count). The quantitative estimate of drug-likeness (QED) is 0.849. The van der Waals surface area contributed by atoms with Crippen LogP contribution in [0.15, 0.2) is 48.5 Å². The van der Waals surface area contributed by atoms with E-state index >= 15 is 0 Å². The number of hydrogen-bond donors (Lipinski definition) is 1. The SMILES string of the molecule is Cc1ccc(C)c(N2C[C@@](O)(c3ccccc3)[N+]3=C2SCCC3)c1. The molecule has 1 N–H and O–H groups in total. The smallest absolute Gasteiger partial charge is 0.316 e. The van der Waals surface area contributed by atoms with Gasteiger partial charge in [0.25, 0.3) is 5.72 Å². The fourth-order valence-electron chi connectivity index (χ4n) is 3.65. The number of rotatable bonds is 2. The van der Waals surface area contributed by atoms with Gasteiger partial charge in [0.05, 0.1) is 6.54 Å². The van der Waals surface area contributed by atoms with E-state index in [9.17, 15) is 5.11 Å². The van der Waals surface area contributed by atoms with Crippen LogP contribution in [0.4, 0.5) is 5.69 Å². The second kappa shape index (κ2) is 5.94. The maximum absolute atomic E-state index is 11.6. The maximum atomic E-state index is 11.6. The Morgan fingerprint density at radius 1 is 1.12 bits per heavy atom. The summed E-state index contributed by atoms with van der Waals surface area (Å²) < 4.78 is 2.19. The highest BCUT2D eigenvalue weighted by atomic mass is 32.2. The first-order valence-electron chi connectivity index (χ1n) is 8.50. The Kier molecular flexibility index (Phi) is 3.89. The minimum atomic E-state index is -0.958. The lowest BCUT2D eigenvalue weighted by Crippen LogP contribution is -2.41. The first-order chi connectivity index (χ1) is 11.6. The molecule has 0 aliphatic carbocycles. The number of thioether (sulfide) groups is 1. The van der Waals surface area contributed by atoms with Gasteiger partial charge in [-0.25, -0.2) is 9.48 Å². The Bertz CT molecular complexity index is 803. The molecular weight excluding hydrogens is 316 g/mol. The molecule has 1 atom stereocenters. The monoisotopic (exact) mass is 339 g/mol. The second-order valence-electron chi connectivity index (χ2n) is 6.69. The largest absolute Gasteiger partial charge is 0.346 e. The summed E-state index contributed by atoms with van der Waals surface area (Å²) >= 11 is 1.86. The molecular formula is C20H23N2OS+. The van der Waals surface area contributed by atoms with Crippen molar-refractivity contribution in [1.82, 2.24) is 0 Å². The second-order valence-corrected chi connectivity index (χ2v) is 7.76. The van der Waals surface area contributed by atoms with Gasteiger partial charge in [-0.2, -0.15) is 0 Å². The van der Waals surface area contributed by atoms with Crippen LogP contribution in [0.3, 0.4) is 0 Å². The zero-order valence-electron chi connectivity index (χ0n) is 14.2. The van der Waals surface area contributed by atoms with Gasteiger partial charge in [-0.05, 0) is 49.2 Å². The van der Waals surface area contributed by atoms with E-state index in [1.807, 2.05) is 42.1 Å². The van der Waals surface area contributed by atoms with E-state index in [0.29, 0.717) is 6.54 Å². The molecule has 24 heavy (non-hydrogen) atoms. The number of β-amino-alcohol motifs (C(OH)–C–C–N with tert-alkyl or cyclic N) is 1. The molecule has 3 nitrogen and oxygen atoms in total. The van der Waals surface area contributed by atoms with Crippen LogP contribution in [0.2, 0.25) is 0 Å². The van der Waals surface area contributed by atoms with E-state index in [-0.39, 0.29) is 0 Å². The average molecular weight is 339 g/mol. The van der Waals surface area contributed by atoms with Crippen LogP contribution in [0, 0.1) is 13.8 Å². The van der Waals surface area contributed by atoms with Crippen molar-refractivity contribution in [2.75, 3.05) is 23.7 Å². The zero-order valence-corrected chi connectivity index (χ0v) is 15.0. The minimum absolute atomic E-state index is 0.573. The van der Waals surface area contributed by atoms with E-state index in [4.69, 9.17) is 0 Å². The van der Waals surface area contributed by atoms with Gasteiger partial charge < -0.3 is 5.11 Å². The molecule has 2 aromatic carbocycles. The molecule has 2 heterocycles. The first-order valence-corrected chi connectivity index (χ1v) is 9.48. The third-order valence-corrected chi connectivity index (χ3v) is 6.13. The maximum Gasteiger partial charge on any atom is 0.316 e. The van der Waals surface area contributed by atoms with Crippen molar-refractivity contribution in [3.05, 3.63) is 65.2 Å². The van der Waals surface area contributed by atoms with Crippen molar-refractivity contribution >= 4 is 22.6 Å². The van der Waals surface area contributed by atoms with E-state index in [0.717, 1.165) is 24.3 Å². The average Bonchev–Trinajstić information content (AvgIpc) is 2.92. The molecule has 2 aliphatic rings. The predicted molar refractivity (Wildman–Crippen MR) is 101 cm³/mol. The Labute approximate surface area is 147 Å². The van der Waals surface area contributed by atoms with Gasteiger partial charge in [-0.15, -0.1) is 0 Å². The number of aryl methyl sites for hydroxylation is 2. The van der Waals surface area contributed by atoms with Crippen LogP contribution in [-0.4, -0.2) is 33.7 Å². The van der Waals surface area contributed by atoms with Crippen LogP contribution in [0.1, 0.15) is 23.1 Å². The summed E-state index contributed by atoms with van der Waals surface area (Å²) in [5.41, 5.74) is 3.71. The topological polar surface area (TPSA) is 26.5 Å². The lowest BCUT2D eigenvalue weighted by molar-refractivity contribution is -0.656. The molecule has 0 fully saturated rings. The van der Waals surface area contributed by atoms with Crippen molar-refractivity contribution in [2.45, 2.75) is 26.0 Å². The summed E-state index contributed by atoms with van der Waals surface area (Å²) in [4.78, 5) is 2.30. The molecule has 0 aromatic heterocycles. The van der Waals surface area contributed by atoms with Crippen molar-refractivity contribution in [2.24, 2.45) is 0 Å². The highest BCUT2D eigenvalue weighted by molar-refractivity contribution is 8.13. The highest BCUT2D eigenvalue weighted by Crippen LogP contribution is 2.38. The van der Waals surface area contributed by atoms with Crippen molar-refractivity contribution in [3.63, 3.8) is 0 Å². The summed E-state index contributed by atoms with van der Waals surface area (Å²) in [6, 6.07) is 16.6. The number of benzene rings is 2. The summed E-state index contributed by atoms with van der Waals surface area (Å²) in [6.07, 6.45) is 1.10. The Balaban J connectivity index is 1.84. The summed E-state index contributed by atoms with van der Waals surface area (Å²) in [7, 11) is 0. The summed E-state index contributed by atoms with van der Waals surface area (Å²) in [5.74, 6) is 1.11. The Hall–Kier alpha value is -1.78. The molecule has 2 aromatic rings. The molecule has 4 heteroatoms. The molecule has 0 saturated heterocycles. The van der Waals surface area contributed by atoms with Gasteiger partial charge in [0.2, 0.25) is 0 Å². The van der Waals surface area contributed by atoms with Crippen LogP contribution in [0.5, 0.6) is 0 Å². The zero-order chi connectivity index (χ0) is 16.7. The molecule has 0 unspecified atom stereocenters. The molecule has 0 spiro atoms. The van der Waals surface area contributed by atoms with E-state index in [2.05, 4.69) is 41.5 Å². The Morgan fingerprint density at radius 2 is 1.92 bits per heavy atom. The van der Waals surface area contributed by atoms with Crippen LogP contribution >= 0.6 is 11.8 Å². The first kappa shape index (κ1) is 15.7. The van der Waals surface area contributed by atoms with Crippen LogP contribution < -0.4 is 4.90 Å². The van der Waals surface area contributed by atoms with Gasteiger partial charge in [0, 0.05) is 11.3 Å². The van der Waals surface area contributed by atoms with Gasteiger partial charge in [0.15, 0.2) is 6.54 Å². The van der Waals surface area contributed by atoms with E-state index < -0.39 is 5.72 Å². The third kappa shape index (κ3) is 2.45. The fraction of sp³-hybridized carbons (Fsp3) is 0.350. The highest BCUT2D eigenvalue weighted by Gasteiger charge is 2.53. The minimum Gasteiger partial charge on any atom is -0.346 e. The molecule has 124 valence electrons. The number of amidine groups is 1. The van der Waals surface area contributed by atoms with Crippen molar-refractivity contribution in [3.8, 4) is 0 Å². The summed E-state index contributed by atoms with van der Waals surface area (Å²) in [6.45, 7) is 5.74. The molecule has 0 radical (unpaired) electrons. The predicted octanol–water partition coefficient (Wildman–Crippen LogP) is 3.47. The molecule has 0 amide bonds. The molecule has 0 bridgehead atoms. The van der Waals surface area contributed by atoms with Crippen molar-refractivity contribution in [1.29, 1.82) is 0 Å². The van der Waals surface area contributed by atoms with E-state index in [1.54, 1.807) is 0 Å². The third-order valence-electron chi connectivity index (χ3n) is 4.94. The van der Waals surface area contributed by atoms with Crippen LogP contribution in [0.25, 0.3) is 0 Å². The van der Waals surface area contributed by atoms with Gasteiger partial charge >= 0.3 is 5.17 Å². The number of hydrogen-bond acceptors (Lipinski definition) is 3.